The van der Waals surface area contributed by atoms with Crippen LogP contribution in [-0.4, -0.2) is 43.1 Å². The predicted molar refractivity (Wildman–Crippen MR) is 76.8 cm³/mol. The van der Waals surface area contributed by atoms with E-state index in [0.29, 0.717) is 18.7 Å². The van der Waals surface area contributed by atoms with E-state index in [1.807, 2.05) is 18.9 Å². The lowest BCUT2D eigenvalue weighted by atomic mass is 10.0. The zero-order valence-corrected chi connectivity index (χ0v) is 12.5. The van der Waals surface area contributed by atoms with Crippen LogP contribution in [0.2, 0.25) is 0 Å². The molecule has 0 heterocycles. The molecule has 0 saturated heterocycles. The smallest absolute Gasteiger partial charge is 0.223 e. The molecule has 0 saturated carbocycles. The lowest BCUT2D eigenvalue weighted by Gasteiger charge is -2.24. The summed E-state index contributed by atoms with van der Waals surface area (Å²) in [6, 6.07) is 4.36. The van der Waals surface area contributed by atoms with Crippen molar-refractivity contribution < 1.29 is 14.3 Å². The molecule has 0 aromatic heterocycles. The van der Waals surface area contributed by atoms with Gasteiger partial charge in [-0.25, -0.2) is 4.39 Å². The quantitative estimate of drug-likeness (QED) is 0.831. The predicted octanol–water partition coefficient (Wildman–Crippen LogP) is 1.48. The van der Waals surface area contributed by atoms with Crippen molar-refractivity contribution in [1.82, 2.24) is 10.2 Å². The van der Waals surface area contributed by atoms with E-state index in [1.165, 1.54) is 12.1 Å². The van der Waals surface area contributed by atoms with Gasteiger partial charge in [-0.3, -0.25) is 4.79 Å². The number of nitrogens with zero attached hydrogens (tertiary/aromatic N) is 1. The standard InChI is InChI=1S/C15H23FN2O2/c1-10-7-12(16)5-6-13(10)14(19)9-18(4)8-11(2)15(20)17-3/h5-7,11,14,19H,8-9H2,1-4H3,(H,17,20). The Morgan fingerprint density at radius 1 is 1.45 bits per heavy atom. The summed E-state index contributed by atoms with van der Waals surface area (Å²) in [5.74, 6) is -0.476. The van der Waals surface area contributed by atoms with Gasteiger partial charge in [-0.05, 0) is 37.2 Å². The molecule has 2 atom stereocenters. The number of aliphatic hydroxyl groups excluding tert-OH is 1. The van der Waals surface area contributed by atoms with Gasteiger partial charge < -0.3 is 15.3 Å². The zero-order valence-electron chi connectivity index (χ0n) is 12.5. The third-order valence-electron chi connectivity index (χ3n) is 3.35. The summed E-state index contributed by atoms with van der Waals surface area (Å²) in [7, 11) is 3.46. The molecule has 20 heavy (non-hydrogen) atoms. The number of carbonyl (C=O) groups excluding carboxylic acids is 1. The van der Waals surface area contributed by atoms with Crippen molar-refractivity contribution >= 4 is 5.91 Å². The van der Waals surface area contributed by atoms with Crippen molar-refractivity contribution in [3.63, 3.8) is 0 Å². The van der Waals surface area contributed by atoms with E-state index in [9.17, 15) is 14.3 Å². The Balaban J connectivity index is 2.61. The Kier molecular flexibility index (Phi) is 6.10. The number of rotatable bonds is 6. The summed E-state index contributed by atoms with van der Waals surface area (Å²) in [5, 5.41) is 12.8. The fourth-order valence-corrected chi connectivity index (χ4v) is 2.28. The molecule has 0 bridgehead atoms. The summed E-state index contributed by atoms with van der Waals surface area (Å²) in [4.78, 5) is 13.3. The lowest BCUT2D eigenvalue weighted by molar-refractivity contribution is -0.124. The first-order chi connectivity index (χ1) is 9.35. The minimum absolute atomic E-state index is 0.0238. The SMILES string of the molecule is CNC(=O)C(C)CN(C)CC(O)c1ccc(F)cc1C. The number of carbonyl (C=O) groups is 1. The molecule has 112 valence electrons. The highest BCUT2D eigenvalue weighted by atomic mass is 19.1. The molecule has 0 aliphatic rings. The molecule has 2 unspecified atom stereocenters. The van der Waals surface area contributed by atoms with Gasteiger partial charge in [-0.15, -0.1) is 0 Å². The number of hydrogen-bond donors (Lipinski definition) is 2. The summed E-state index contributed by atoms with van der Waals surface area (Å²) < 4.78 is 13.0. The largest absolute Gasteiger partial charge is 0.387 e. The Morgan fingerprint density at radius 3 is 2.65 bits per heavy atom. The van der Waals surface area contributed by atoms with E-state index >= 15 is 0 Å². The Morgan fingerprint density at radius 2 is 2.10 bits per heavy atom. The van der Waals surface area contributed by atoms with Crippen molar-refractivity contribution in [2.45, 2.75) is 20.0 Å². The van der Waals surface area contributed by atoms with Gasteiger partial charge in [0.1, 0.15) is 5.82 Å². The van der Waals surface area contributed by atoms with Crippen LogP contribution in [0, 0.1) is 18.7 Å². The van der Waals surface area contributed by atoms with Crippen LogP contribution in [0.3, 0.4) is 0 Å². The number of nitrogens with one attached hydrogen (secondary N) is 1. The van der Waals surface area contributed by atoms with E-state index in [-0.39, 0.29) is 17.6 Å². The molecular weight excluding hydrogens is 259 g/mol. The molecule has 1 aromatic carbocycles. The Bertz CT molecular complexity index is 465. The third kappa shape index (κ3) is 4.58. The van der Waals surface area contributed by atoms with Gasteiger partial charge in [0.05, 0.1) is 6.10 Å². The van der Waals surface area contributed by atoms with Gasteiger partial charge in [-0.2, -0.15) is 0 Å². The number of aryl methyl sites for hydroxylation is 1. The molecule has 5 heteroatoms. The first-order valence-electron chi connectivity index (χ1n) is 6.69. The van der Waals surface area contributed by atoms with E-state index in [4.69, 9.17) is 0 Å². The second-order valence-corrected chi connectivity index (χ2v) is 5.25. The highest BCUT2D eigenvalue weighted by Gasteiger charge is 2.17. The van der Waals surface area contributed by atoms with Crippen LogP contribution in [-0.2, 0) is 4.79 Å². The summed E-state index contributed by atoms with van der Waals surface area (Å²) in [6.07, 6.45) is -0.697. The van der Waals surface area contributed by atoms with E-state index in [0.717, 1.165) is 5.56 Å². The third-order valence-corrected chi connectivity index (χ3v) is 3.35. The monoisotopic (exact) mass is 282 g/mol. The molecule has 0 fully saturated rings. The van der Waals surface area contributed by atoms with Gasteiger partial charge in [-0.1, -0.05) is 13.0 Å². The number of aliphatic hydroxyl groups is 1. The van der Waals surface area contributed by atoms with Gasteiger partial charge in [0.25, 0.3) is 0 Å². The summed E-state index contributed by atoms with van der Waals surface area (Å²) in [6.45, 7) is 4.56. The van der Waals surface area contributed by atoms with Crippen LogP contribution in [0.15, 0.2) is 18.2 Å². The van der Waals surface area contributed by atoms with Crippen LogP contribution in [0.25, 0.3) is 0 Å². The summed E-state index contributed by atoms with van der Waals surface area (Å²) >= 11 is 0. The van der Waals surface area contributed by atoms with Gasteiger partial charge in [0.15, 0.2) is 0 Å². The zero-order chi connectivity index (χ0) is 15.3. The summed E-state index contributed by atoms with van der Waals surface area (Å²) in [5.41, 5.74) is 1.44. The molecular formula is C15H23FN2O2. The minimum Gasteiger partial charge on any atom is -0.387 e. The van der Waals surface area contributed by atoms with E-state index in [1.54, 1.807) is 20.0 Å². The molecule has 1 rings (SSSR count). The maximum atomic E-state index is 13.0. The number of benzene rings is 1. The van der Waals surface area contributed by atoms with Crippen molar-refractivity contribution in [3.05, 3.63) is 35.1 Å². The molecule has 1 aromatic rings. The van der Waals surface area contributed by atoms with E-state index in [2.05, 4.69) is 5.32 Å². The second kappa shape index (κ2) is 7.36. The van der Waals surface area contributed by atoms with Crippen molar-refractivity contribution in [2.24, 2.45) is 5.92 Å². The van der Waals surface area contributed by atoms with E-state index < -0.39 is 6.10 Å². The average Bonchev–Trinajstić information content (AvgIpc) is 2.37. The van der Waals surface area contributed by atoms with Crippen LogP contribution in [0.5, 0.6) is 0 Å². The average molecular weight is 282 g/mol. The molecule has 4 nitrogen and oxygen atoms in total. The molecule has 1 amide bonds. The first-order valence-corrected chi connectivity index (χ1v) is 6.69. The second-order valence-electron chi connectivity index (χ2n) is 5.25. The molecule has 0 aliphatic heterocycles. The van der Waals surface area contributed by atoms with Crippen molar-refractivity contribution in [2.75, 3.05) is 27.2 Å². The van der Waals surface area contributed by atoms with Crippen LogP contribution < -0.4 is 5.32 Å². The number of halogens is 1. The molecule has 0 radical (unpaired) electrons. The number of amides is 1. The highest BCUT2D eigenvalue weighted by molar-refractivity contribution is 5.78. The maximum Gasteiger partial charge on any atom is 0.223 e. The Labute approximate surface area is 119 Å². The number of hydrogen-bond acceptors (Lipinski definition) is 3. The van der Waals surface area contributed by atoms with Crippen LogP contribution >= 0.6 is 0 Å². The van der Waals surface area contributed by atoms with Gasteiger partial charge >= 0.3 is 0 Å². The highest BCUT2D eigenvalue weighted by Crippen LogP contribution is 2.19. The maximum absolute atomic E-state index is 13.0. The topological polar surface area (TPSA) is 52.6 Å². The fourth-order valence-electron chi connectivity index (χ4n) is 2.28. The van der Waals surface area contributed by atoms with Gasteiger partial charge in [0, 0.05) is 26.1 Å². The van der Waals surface area contributed by atoms with Crippen molar-refractivity contribution in [3.8, 4) is 0 Å². The minimum atomic E-state index is -0.697. The first kappa shape index (κ1) is 16.6. The van der Waals surface area contributed by atoms with Crippen LogP contribution in [0.1, 0.15) is 24.2 Å². The van der Waals surface area contributed by atoms with Crippen LogP contribution in [0.4, 0.5) is 4.39 Å². The molecule has 2 N–H and O–H groups in total. The fraction of sp³-hybridized carbons (Fsp3) is 0.533. The lowest BCUT2D eigenvalue weighted by Crippen LogP contribution is -2.36. The normalized spacial score (nSPS) is 14.2. The Hall–Kier alpha value is -1.46. The van der Waals surface area contributed by atoms with Gasteiger partial charge in [0.2, 0.25) is 5.91 Å². The number of likely N-dealkylation sites (N-methyl/N-ethyl adjacent to an activating group) is 1. The van der Waals surface area contributed by atoms with Crippen molar-refractivity contribution in [1.29, 1.82) is 0 Å². The molecule has 0 aliphatic carbocycles. The molecule has 0 spiro atoms.